The maximum absolute atomic E-state index is 12.5. The Kier molecular flexibility index (Phi) is 3.93. The molecule has 0 aromatic carbocycles. The minimum Gasteiger partial charge on any atom is -0.458 e. The van der Waals surface area contributed by atoms with Gasteiger partial charge in [-0.2, -0.15) is 0 Å². The number of carbonyl (C=O) groups is 2. The lowest BCUT2D eigenvalue weighted by atomic mass is 9.85. The third-order valence-electron chi connectivity index (χ3n) is 5.09. The predicted octanol–water partition coefficient (Wildman–Crippen LogP) is 1.49. The summed E-state index contributed by atoms with van der Waals surface area (Å²) in [5.41, 5.74) is 1.59. The molecule has 1 saturated heterocycles. The molecule has 2 fully saturated rings. The van der Waals surface area contributed by atoms with Crippen molar-refractivity contribution in [3.63, 3.8) is 0 Å². The molecule has 1 aromatic rings. The van der Waals surface area contributed by atoms with Gasteiger partial charge in [-0.25, -0.2) is 4.98 Å². The minimum atomic E-state index is -0.525. The second-order valence-corrected chi connectivity index (χ2v) is 6.40. The normalized spacial score (nSPS) is 23.0. The highest BCUT2D eigenvalue weighted by atomic mass is 16.6. The molecule has 1 aliphatic carbocycles. The van der Waals surface area contributed by atoms with E-state index in [2.05, 4.69) is 10.3 Å². The molecule has 6 heteroatoms. The molecule has 1 spiro atoms. The lowest BCUT2D eigenvalue weighted by Crippen LogP contribution is -2.43. The molecule has 120 valence electrons. The highest BCUT2D eigenvalue weighted by molar-refractivity contribution is 5.87. The summed E-state index contributed by atoms with van der Waals surface area (Å²) in [5.74, 6) is -0.613. The Labute approximate surface area is 130 Å². The second-order valence-electron chi connectivity index (χ2n) is 6.40. The molecule has 1 aromatic heterocycles. The summed E-state index contributed by atoms with van der Waals surface area (Å²) in [7, 11) is 0. The standard InChI is InChI=1S/C16H23N3O3/c1-11-12(2)19(10-18-11)8-7-17-15(21)13-9-14(20)22-16(13)5-3-4-6-16/h10,13H,3-9H2,1-2H3,(H,17,21)/t13-/m0/s1. The molecule has 22 heavy (non-hydrogen) atoms. The van der Waals surface area contributed by atoms with Gasteiger partial charge in [0.15, 0.2) is 0 Å². The lowest BCUT2D eigenvalue weighted by Gasteiger charge is -2.27. The Morgan fingerprint density at radius 3 is 2.82 bits per heavy atom. The number of ether oxygens (including phenoxy) is 1. The first-order valence-electron chi connectivity index (χ1n) is 8.00. The summed E-state index contributed by atoms with van der Waals surface area (Å²) in [6.07, 6.45) is 5.70. The van der Waals surface area contributed by atoms with Gasteiger partial charge < -0.3 is 14.6 Å². The molecule has 1 N–H and O–H groups in total. The first-order valence-corrected chi connectivity index (χ1v) is 8.00. The summed E-state index contributed by atoms with van der Waals surface area (Å²) in [4.78, 5) is 28.4. The van der Waals surface area contributed by atoms with Gasteiger partial charge in [-0.1, -0.05) is 0 Å². The molecule has 0 unspecified atom stereocenters. The van der Waals surface area contributed by atoms with Crippen molar-refractivity contribution in [3.8, 4) is 0 Å². The largest absolute Gasteiger partial charge is 0.458 e. The fraction of sp³-hybridized carbons (Fsp3) is 0.688. The van der Waals surface area contributed by atoms with Gasteiger partial charge in [-0.15, -0.1) is 0 Å². The number of nitrogens with one attached hydrogen (secondary N) is 1. The van der Waals surface area contributed by atoms with Crippen LogP contribution in [0.4, 0.5) is 0 Å². The van der Waals surface area contributed by atoms with E-state index in [0.717, 1.165) is 37.1 Å². The Morgan fingerprint density at radius 2 is 2.18 bits per heavy atom. The van der Waals surface area contributed by atoms with Gasteiger partial charge in [0.2, 0.25) is 5.91 Å². The minimum absolute atomic E-state index is 0.0535. The first kappa shape index (κ1) is 15.1. The van der Waals surface area contributed by atoms with E-state index in [9.17, 15) is 9.59 Å². The van der Waals surface area contributed by atoms with Crippen molar-refractivity contribution in [3.05, 3.63) is 17.7 Å². The molecule has 1 atom stereocenters. The second kappa shape index (κ2) is 5.74. The molecule has 1 amide bonds. The fourth-order valence-corrected chi connectivity index (χ4v) is 3.64. The third-order valence-corrected chi connectivity index (χ3v) is 5.09. The van der Waals surface area contributed by atoms with Crippen LogP contribution in [0.25, 0.3) is 0 Å². The quantitative estimate of drug-likeness (QED) is 0.855. The number of nitrogens with zero attached hydrogens (tertiary/aromatic N) is 2. The van der Waals surface area contributed by atoms with Crippen molar-refractivity contribution in [1.29, 1.82) is 0 Å². The zero-order chi connectivity index (χ0) is 15.7. The van der Waals surface area contributed by atoms with E-state index in [-0.39, 0.29) is 24.2 Å². The Bertz CT molecular complexity index is 587. The first-order chi connectivity index (χ1) is 10.5. The summed E-state index contributed by atoms with van der Waals surface area (Å²) >= 11 is 0. The summed E-state index contributed by atoms with van der Waals surface area (Å²) in [6.45, 7) is 5.21. The van der Waals surface area contributed by atoms with Gasteiger partial charge in [-0.05, 0) is 39.5 Å². The van der Waals surface area contributed by atoms with E-state index < -0.39 is 5.60 Å². The molecule has 0 radical (unpaired) electrons. The van der Waals surface area contributed by atoms with Gasteiger partial charge in [0.05, 0.1) is 24.4 Å². The average Bonchev–Trinajstić information content (AvgIpc) is 3.16. The van der Waals surface area contributed by atoms with E-state index in [1.165, 1.54) is 0 Å². The van der Waals surface area contributed by atoms with E-state index in [4.69, 9.17) is 4.74 Å². The topological polar surface area (TPSA) is 73.2 Å². The highest BCUT2D eigenvalue weighted by Gasteiger charge is 2.53. The van der Waals surface area contributed by atoms with Gasteiger partial charge in [-0.3, -0.25) is 9.59 Å². The van der Waals surface area contributed by atoms with Crippen LogP contribution in [0.15, 0.2) is 6.33 Å². The number of hydrogen-bond donors (Lipinski definition) is 1. The van der Waals surface area contributed by atoms with Gasteiger partial charge in [0, 0.05) is 18.8 Å². The molecule has 2 aliphatic rings. The summed E-state index contributed by atoms with van der Waals surface area (Å²) in [5, 5.41) is 2.96. The zero-order valence-electron chi connectivity index (χ0n) is 13.2. The molecule has 0 bridgehead atoms. The fourth-order valence-electron chi connectivity index (χ4n) is 3.64. The van der Waals surface area contributed by atoms with Crippen LogP contribution in [-0.4, -0.2) is 33.6 Å². The van der Waals surface area contributed by atoms with E-state index in [1.807, 2.05) is 18.4 Å². The Balaban J connectivity index is 1.57. The van der Waals surface area contributed by atoms with Gasteiger partial charge in [0.25, 0.3) is 0 Å². The number of carbonyl (C=O) groups excluding carboxylic acids is 2. The Morgan fingerprint density at radius 1 is 1.45 bits per heavy atom. The smallest absolute Gasteiger partial charge is 0.307 e. The van der Waals surface area contributed by atoms with Crippen LogP contribution in [0.2, 0.25) is 0 Å². The molecule has 3 rings (SSSR count). The van der Waals surface area contributed by atoms with Crippen molar-refractivity contribution >= 4 is 11.9 Å². The highest BCUT2D eigenvalue weighted by Crippen LogP contribution is 2.45. The monoisotopic (exact) mass is 305 g/mol. The zero-order valence-corrected chi connectivity index (χ0v) is 13.2. The number of rotatable bonds is 4. The molecule has 1 saturated carbocycles. The maximum atomic E-state index is 12.5. The predicted molar refractivity (Wildman–Crippen MR) is 80.1 cm³/mol. The Hall–Kier alpha value is -1.85. The van der Waals surface area contributed by atoms with Crippen LogP contribution < -0.4 is 5.32 Å². The van der Waals surface area contributed by atoms with Crippen LogP contribution >= 0.6 is 0 Å². The van der Waals surface area contributed by atoms with E-state index in [1.54, 1.807) is 6.33 Å². The third kappa shape index (κ3) is 2.62. The van der Waals surface area contributed by atoms with Crippen LogP contribution in [-0.2, 0) is 20.9 Å². The molecular formula is C16H23N3O3. The molecule has 6 nitrogen and oxygen atoms in total. The maximum Gasteiger partial charge on any atom is 0.307 e. The van der Waals surface area contributed by atoms with Crippen molar-refractivity contribution in [1.82, 2.24) is 14.9 Å². The number of esters is 1. The number of imidazole rings is 1. The average molecular weight is 305 g/mol. The van der Waals surface area contributed by atoms with Crippen molar-refractivity contribution in [2.45, 2.75) is 58.1 Å². The van der Waals surface area contributed by atoms with Crippen LogP contribution in [0, 0.1) is 19.8 Å². The number of aromatic nitrogens is 2. The number of aryl methyl sites for hydroxylation is 1. The SMILES string of the molecule is Cc1ncn(CCNC(=O)[C@@H]2CC(=O)OC23CCCC3)c1C. The van der Waals surface area contributed by atoms with E-state index in [0.29, 0.717) is 13.1 Å². The van der Waals surface area contributed by atoms with Crippen molar-refractivity contribution in [2.24, 2.45) is 5.92 Å². The van der Waals surface area contributed by atoms with Crippen LogP contribution in [0.3, 0.4) is 0 Å². The molecular weight excluding hydrogens is 282 g/mol. The van der Waals surface area contributed by atoms with Gasteiger partial charge in [0.1, 0.15) is 5.60 Å². The molecule has 2 heterocycles. The number of amides is 1. The lowest BCUT2D eigenvalue weighted by molar-refractivity contribution is -0.149. The number of hydrogen-bond acceptors (Lipinski definition) is 4. The van der Waals surface area contributed by atoms with Crippen molar-refractivity contribution < 1.29 is 14.3 Å². The van der Waals surface area contributed by atoms with Crippen molar-refractivity contribution in [2.75, 3.05) is 6.54 Å². The van der Waals surface area contributed by atoms with E-state index >= 15 is 0 Å². The summed E-state index contributed by atoms with van der Waals surface area (Å²) < 4.78 is 7.54. The van der Waals surface area contributed by atoms with Crippen LogP contribution in [0.5, 0.6) is 0 Å². The summed E-state index contributed by atoms with van der Waals surface area (Å²) in [6, 6.07) is 0. The van der Waals surface area contributed by atoms with Gasteiger partial charge >= 0.3 is 5.97 Å². The molecule has 1 aliphatic heterocycles. The van der Waals surface area contributed by atoms with Crippen LogP contribution in [0.1, 0.15) is 43.5 Å².